The number of carbonyl (C=O) groups is 1. The van der Waals surface area contributed by atoms with E-state index < -0.39 is 0 Å². The van der Waals surface area contributed by atoms with Crippen molar-refractivity contribution in [3.8, 4) is 16.9 Å². The standard InChI is InChI=1S/C11H9NO3/c1-14-11-5-3-2-4-8(11)9-7-15-12-10(9)6-13/h2-7H,1H3. The summed E-state index contributed by atoms with van der Waals surface area (Å²) in [6.45, 7) is 0. The molecule has 0 spiro atoms. The van der Waals surface area contributed by atoms with Gasteiger partial charge in [-0.3, -0.25) is 4.79 Å². The summed E-state index contributed by atoms with van der Waals surface area (Å²) >= 11 is 0. The van der Waals surface area contributed by atoms with Gasteiger partial charge in [-0.2, -0.15) is 0 Å². The Kier molecular flexibility index (Phi) is 2.49. The van der Waals surface area contributed by atoms with Crippen LogP contribution in [0.4, 0.5) is 0 Å². The fourth-order valence-corrected chi connectivity index (χ4v) is 1.40. The number of para-hydroxylation sites is 1. The quantitative estimate of drug-likeness (QED) is 0.717. The maximum Gasteiger partial charge on any atom is 0.172 e. The maximum atomic E-state index is 10.7. The average molecular weight is 203 g/mol. The first-order valence-corrected chi connectivity index (χ1v) is 4.39. The highest BCUT2D eigenvalue weighted by Gasteiger charge is 2.12. The number of hydrogen-bond acceptors (Lipinski definition) is 4. The van der Waals surface area contributed by atoms with Crippen LogP contribution in [0.5, 0.6) is 5.75 Å². The van der Waals surface area contributed by atoms with Gasteiger partial charge in [-0.15, -0.1) is 0 Å². The van der Waals surface area contributed by atoms with Crippen molar-refractivity contribution in [2.24, 2.45) is 0 Å². The highest BCUT2D eigenvalue weighted by molar-refractivity contribution is 5.86. The Morgan fingerprint density at radius 1 is 1.33 bits per heavy atom. The Morgan fingerprint density at radius 3 is 2.87 bits per heavy atom. The number of aromatic nitrogens is 1. The van der Waals surface area contributed by atoms with Gasteiger partial charge in [0.1, 0.15) is 12.0 Å². The summed E-state index contributed by atoms with van der Waals surface area (Å²) in [7, 11) is 1.58. The van der Waals surface area contributed by atoms with Crippen molar-refractivity contribution in [1.82, 2.24) is 5.16 Å². The lowest BCUT2D eigenvalue weighted by Crippen LogP contribution is -1.89. The number of ether oxygens (including phenoxy) is 1. The van der Waals surface area contributed by atoms with Gasteiger partial charge < -0.3 is 9.26 Å². The Labute approximate surface area is 86.5 Å². The van der Waals surface area contributed by atoms with Gasteiger partial charge >= 0.3 is 0 Å². The zero-order valence-electron chi connectivity index (χ0n) is 8.14. The lowest BCUT2D eigenvalue weighted by Gasteiger charge is -2.05. The molecule has 0 aliphatic heterocycles. The van der Waals surface area contributed by atoms with Crippen LogP contribution in [0.25, 0.3) is 11.1 Å². The zero-order valence-corrected chi connectivity index (χ0v) is 8.14. The minimum Gasteiger partial charge on any atom is -0.496 e. The molecule has 1 heterocycles. The monoisotopic (exact) mass is 203 g/mol. The van der Waals surface area contributed by atoms with Crippen molar-refractivity contribution in [2.45, 2.75) is 0 Å². The Hall–Kier alpha value is -2.10. The molecule has 0 aliphatic carbocycles. The molecular weight excluding hydrogens is 194 g/mol. The topological polar surface area (TPSA) is 52.3 Å². The van der Waals surface area contributed by atoms with Crippen LogP contribution in [0, 0.1) is 0 Å². The van der Waals surface area contributed by atoms with Gasteiger partial charge in [0, 0.05) is 5.56 Å². The zero-order chi connectivity index (χ0) is 10.7. The highest BCUT2D eigenvalue weighted by Crippen LogP contribution is 2.30. The lowest BCUT2D eigenvalue weighted by atomic mass is 10.1. The second-order valence-corrected chi connectivity index (χ2v) is 2.93. The number of rotatable bonds is 3. The molecule has 0 saturated heterocycles. The molecule has 1 aromatic carbocycles. The summed E-state index contributed by atoms with van der Waals surface area (Å²) in [6, 6.07) is 7.38. The largest absolute Gasteiger partial charge is 0.496 e. The number of nitrogens with zero attached hydrogens (tertiary/aromatic N) is 1. The second-order valence-electron chi connectivity index (χ2n) is 2.93. The molecule has 15 heavy (non-hydrogen) atoms. The van der Waals surface area contributed by atoms with Crippen molar-refractivity contribution in [3.63, 3.8) is 0 Å². The minimum absolute atomic E-state index is 0.277. The van der Waals surface area contributed by atoms with E-state index in [1.807, 2.05) is 24.3 Å². The molecule has 0 aliphatic rings. The third-order valence-corrected chi connectivity index (χ3v) is 2.11. The summed E-state index contributed by atoms with van der Waals surface area (Å²) in [5, 5.41) is 3.59. The van der Waals surface area contributed by atoms with E-state index in [0.29, 0.717) is 17.6 Å². The van der Waals surface area contributed by atoms with Crippen LogP contribution in [0.3, 0.4) is 0 Å². The number of aldehydes is 1. The van der Waals surface area contributed by atoms with Gasteiger partial charge in [-0.25, -0.2) is 0 Å². The number of carbonyl (C=O) groups excluding carboxylic acids is 1. The molecule has 76 valence electrons. The van der Waals surface area contributed by atoms with Crippen LogP contribution in [0.1, 0.15) is 10.5 Å². The summed E-state index contributed by atoms with van der Waals surface area (Å²) in [5.41, 5.74) is 1.71. The van der Waals surface area contributed by atoms with Gasteiger partial charge in [0.2, 0.25) is 0 Å². The van der Waals surface area contributed by atoms with Crippen LogP contribution in [0.2, 0.25) is 0 Å². The summed E-state index contributed by atoms with van der Waals surface area (Å²) in [5.74, 6) is 0.684. The molecule has 0 radical (unpaired) electrons. The van der Waals surface area contributed by atoms with E-state index >= 15 is 0 Å². The Morgan fingerprint density at radius 2 is 2.13 bits per heavy atom. The molecule has 0 amide bonds. The fraction of sp³-hybridized carbons (Fsp3) is 0.0909. The van der Waals surface area contributed by atoms with Crippen LogP contribution < -0.4 is 4.74 Å². The molecule has 0 atom stereocenters. The van der Waals surface area contributed by atoms with Crippen molar-refractivity contribution < 1.29 is 14.1 Å². The second kappa shape index (κ2) is 3.96. The fourth-order valence-electron chi connectivity index (χ4n) is 1.40. The molecule has 1 aromatic heterocycles. The van der Waals surface area contributed by atoms with Gasteiger partial charge in [-0.1, -0.05) is 23.4 Å². The van der Waals surface area contributed by atoms with Gasteiger partial charge in [0.15, 0.2) is 12.0 Å². The van der Waals surface area contributed by atoms with Crippen molar-refractivity contribution >= 4 is 6.29 Å². The van der Waals surface area contributed by atoms with Crippen molar-refractivity contribution in [3.05, 3.63) is 36.2 Å². The molecule has 4 nitrogen and oxygen atoms in total. The summed E-state index contributed by atoms with van der Waals surface area (Å²) < 4.78 is 9.94. The lowest BCUT2D eigenvalue weighted by molar-refractivity contribution is 0.111. The van der Waals surface area contributed by atoms with Crippen LogP contribution in [-0.2, 0) is 0 Å². The van der Waals surface area contributed by atoms with Crippen LogP contribution in [0.15, 0.2) is 35.1 Å². The normalized spacial score (nSPS) is 9.93. The van der Waals surface area contributed by atoms with Crippen LogP contribution in [-0.4, -0.2) is 18.6 Å². The van der Waals surface area contributed by atoms with Crippen molar-refractivity contribution in [2.75, 3.05) is 7.11 Å². The molecule has 2 rings (SSSR count). The molecule has 0 saturated carbocycles. The molecule has 0 N–H and O–H groups in total. The minimum atomic E-state index is 0.277. The number of methoxy groups -OCH3 is 1. The van der Waals surface area contributed by atoms with Gasteiger partial charge in [0.25, 0.3) is 0 Å². The molecule has 4 heteroatoms. The van der Waals surface area contributed by atoms with E-state index in [2.05, 4.69) is 5.16 Å². The van der Waals surface area contributed by atoms with E-state index in [1.54, 1.807) is 7.11 Å². The predicted molar refractivity (Wildman–Crippen MR) is 53.9 cm³/mol. The smallest absolute Gasteiger partial charge is 0.172 e. The molecule has 2 aromatic rings. The Balaban J connectivity index is 2.58. The SMILES string of the molecule is COc1ccccc1-c1conc1C=O. The molecule has 0 bridgehead atoms. The third kappa shape index (κ3) is 1.61. The first kappa shape index (κ1) is 9.45. The molecule has 0 fully saturated rings. The number of benzene rings is 1. The van der Waals surface area contributed by atoms with E-state index in [0.717, 1.165) is 5.56 Å². The summed E-state index contributed by atoms with van der Waals surface area (Å²) in [6.07, 6.45) is 2.09. The van der Waals surface area contributed by atoms with Gasteiger partial charge in [-0.05, 0) is 6.07 Å². The average Bonchev–Trinajstić information content (AvgIpc) is 2.76. The van der Waals surface area contributed by atoms with Gasteiger partial charge in [0.05, 0.1) is 12.7 Å². The summed E-state index contributed by atoms with van der Waals surface area (Å²) in [4.78, 5) is 10.7. The number of hydrogen-bond donors (Lipinski definition) is 0. The molecule has 0 unspecified atom stereocenters. The highest BCUT2D eigenvalue weighted by atomic mass is 16.5. The van der Waals surface area contributed by atoms with E-state index in [-0.39, 0.29) is 5.69 Å². The Bertz CT molecular complexity index is 476. The predicted octanol–water partition coefficient (Wildman–Crippen LogP) is 2.16. The first-order valence-electron chi connectivity index (χ1n) is 4.39. The van der Waals surface area contributed by atoms with E-state index in [9.17, 15) is 4.79 Å². The van der Waals surface area contributed by atoms with E-state index in [4.69, 9.17) is 9.26 Å². The van der Waals surface area contributed by atoms with Crippen molar-refractivity contribution in [1.29, 1.82) is 0 Å². The van der Waals surface area contributed by atoms with Crippen LogP contribution >= 0.6 is 0 Å². The molecular formula is C11H9NO3. The first-order chi connectivity index (χ1) is 7.36. The maximum absolute atomic E-state index is 10.7. The third-order valence-electron chi connectivity index (χ3n) is 2.11. The van der Waals surface area contributed by atoms with E-state index in [1.165, 1.54) is 6.26 Å².